The van der Waals surface area contributed by atoms with Crippen molar-refractivity contribution >= 4 is 29.7 Å². The highest BCUT2D eigenvalue weighted by molar-refractivity contribution is 6.02. The van der Waals surface area contributed by atoms with E-state index in [1.54, 1.807) is 30.3 Å². The second kappa shape index (κ2) is 11.2. The number of carbonyl (C=O) groups is 3. The van der Waals surface area contributed by atoms with E-state index in [2.05, 4.69) is 10.6 Å². The van der Waals surface area contributed by atoms with Crippen LogP contribution in [0.1, 0.15) is 19.6 Å². The van der Waals surface area contributed by atoms with E-state index in [1.165, 1.54) is 12.3 Å². The van der Waals surface area contributed by atoms with E-state index >= 15 is 0 Å². The molecular formula is C20H22N2O7. The topological polar surface area (TPSA) is 116 Å². The molecule has 1 aromatic heterocycles. The van der Waals surface area contributed by atoms with Gasteiger partial charge in [0.05, 0.1) is 19.5 Å². The molecule has 0 saturated heterocycles. The molecule has 0 unspecified atom stereocenters. The number of nitrogens with one attached hydrogen (secondary N) is 2. The third-order valence-corrected chi connectivity index (χ3v) is 3.33. The van der Waals surface area contributed by atoms with Crippen LogP contribution in [-0.4, -0.2) is 37.7 Å². The number of anilines is 1. The average Bonchev–Trinajstić information content (AvgIpc) is 3.20. The summed E-state index contributed by atoms with van der Waals surface area (Å²) in [5.74, 6) is -0.0442. The lowest BCUT2D eigenvalue weighted by molar-refractivity contribution is -0.143. The predicted molar refractivity (Wildman–Crippen MR) is 105 cm³/mol. The fourth-order valence-electron chi connectivity index (χ4n) is 2.17. The molecule has 0 saturated carbocycles. The van der Waals surface area contributed by atoms with Crippen molar-refractivity contribution in [1.82, 2.24) is 5.32 Å². The fourth-order valence-corrected chi connectivity index (χ4v) is 2.17. The van der Waals surface area contributed by atoms with Crippen LogP contribution < -0.4 is 20.1 Å². The maximum absolute atomic E-state index is 11.9. The number of esters is 1. The molecule has 0 radical (unpaired) electrons. The molecule has 29 heavy (non-hydrogen) atoms. The molecule has 1 heterocycles. The molecule has 2 aromatic rings. The maximum atomic E-state index is 11.9. The quantitative estimate of drug-likeness (QED) is 0.489. The third-order valence-electron chi connectivity index (χ3n) is 3.33. The summed E-state index contributed by atoms with van der Waals surface area (Å²) >= 11 is 0. The van der Waals surface area contributed by atoms with E-state index in [4.69, 9.17) is 18.6 Å². The minimum atomic E-state index is -0.779. The van der Waals surface area contributed by atoms with Crippen LogP contribution in [0.2, 0.25) is 0 Å². The second-order valence-electron chi connectivity index (χ2n) is 5.49. The number of rotatable bonds is 9. The lowest BCUT2D eigenvalue weighted by Gasteiger charge is -2.13. The summed E-state index contributed by atoms with van der Waals surface area (Å²) in [4.78, 5) is 35.2. The minimum absolute atomic E-state index is 0.403. The van der Waals surface area contributed by atoms with Crippen LogP contribution in [0.4, 0.5) is 10.5 Å². The zero-order valence-electron chi connectivity index (χ0n) is 16.1. The van der Waals surface area contributed by atoms with E-state index in [0.29, 0.717) is 36.2 Å². The first-order valence-corrected chi connectivity index (χ1v) is 8.90. The van der Waals surface area contributed by atoms with Crippen molar-refractivity contribution in [1.29, 1.82) is 0 Å². The number of carbonyl (C=O) groups excluding carboxylic acids is 3. The summed E-state index contributed by atoms with van der Waals surface area (Å²) in [6, 6.07) is 7.38. The van der Waals surface area contributed by atoms with Crippen molar-refractivity contribution in [3.8, 4) is 11.5 Å². The minimum Gasteiger partial charge on any atom is -0.490 e. The molecule has 0 aliphatic heterocycles. The first-order chi connectivity index (χ1) is 14.0. The van der Waals surface area contributed by atoms with Gasteiger partial charge >= 0.3 is 12.0 Å². The summed E-state index contributed by atoms with van der Waals surface area (Å²) in [6.07, 6.45) is 3.97. The third kappa shape index (κ3) is 7.41. The highest BCUT2D eigenvalue weighted by Gasteiger charge is 2.12. The van der Waals surface area contributed by atoms with Gasteiger partial charge in [-0.15, -0.1) is 0 Å². The molecule has 9 heteroatoms. The van der Waals surface area contributed by atoms with E-state index in [1.807, 2.05) is 13.8 Å². The Labute approximate surface area is 167 Å². The Kier molecular flexibility index (Phi) is 8.30. The van der Waals surface area contributed by atoms with Gasteiger partial charge in [-0.05, 0) is 44.2 Å². The van der Waals surface area contributed by atoms with Gasteiger partial charge in [0.25, 0.3) is 5.91 Å². The van der Waals surface area contributed by atoms with Gasteiger partial charge in [0.1, 0.15) is 5.76 Å². The maximum Gasteiger partial charge on any atom is 0.331 e. The first kappa shape index (κ1) is 21.5. The van der Waals surface area contributed by atoms with Gasteiger partial charge in [-0.25, -0.2) is 9.59 Å². The molecule has 0 aliphatic rings. The number of furan rings is 1. The van der Waals surface area contributed by atoms with E-state index in [0.717, 1.165) is 6.08 Å². The van der Waals surface area contributed by atoms with Crippen LogP contribution >= 0.6 is 0 Å². The standard InChI is InChI=1S/C20H22N2O7/c1-3-26-16-9-7-14(12-17(16)27-4-2)21-20(25)22-18(23)13-29-19(24)10-8-15-6-5-11-28-15/h5-12H,3-4,13H2,1-2H3,(H2,21,22,23,25)/b10-8+. The van der Waals surface area contributed by atoms with E-state index < -0.39 is 24.5 Å². The van der Waals surface area contributed by atoms with E-state index in [9.17, 15) is 14.4 Å². The van der Waals surface area contributed by atoms with Crippen LogP contribution in [-0.2, 0) is 14.3 Å². The van der Waals surface area contributed by atoms with E-state index in [-0.39, 0.29) is 0 Å². The molecule has 9 nitrogen and oxygen atoms in total. The van der Waals surface area contributed by atoms with Crippen molar-refractivity contribution in [2.24, 2.45) is 0 Å². The number of amides is 3. The summed E-state index contributed by atoms with van der Waals surface area (Å²) in [7, 11) is 0. The zero-order chi connectivity index (χ0) is 21.1. The first-order valence-electron chi connectivity index (χ1n) is 8.90. The van der Waals surface area contributed by atoms with Crippen molar-refractivity contribution in [2.75, 3.05) is 25.1 Å². The Balaban J connectivity index is 1.81. The lowest BCUT2D eigenvalue weighted by atomic mass is 10.2. The fraction of sp³-hybridized carbons (Fsp3) is 0.250. The zero-order valence-corrected chi connectivity index (χ0v) is 16.1. The Morgan fingerprint density at radius 1 is 1.07 bits per heavy atom. The van der Waals surface area contributed by atoms with Crippen molar-refractivity contribution in [3.63, 3.8) is 0 Å². The Morgan fingerprint density at radius 2 is 1.83 bits per heavy atom. The van der Waals surface area contributed by atoms with Crippen LogP contribution in [0.5, 0.6) is 11.5 Å². The summed E-state index contributed by atoms with van der Waals surface area (Å²) < 4.78 is 20.7. The van der Waals surface area contributed by atoms with Crippen LogP contribution in [0.25, 0.3) is 6.08 Å². The van der Waals surface area contributed by atoms with Gasteiger partial charge in [-0.1, -0.05) is 0 Å². The summed E-state index contributed by atoms with van der Waals surface area (Å²) in [5, 5.41) is 4.56. The number of imide groups is 1. The summed E-state index contributed by atoms with van der Waals surface area (Å²) in [5.41, 5.74) is 0.403. The number of ether oxygens (including phenoxy) is 3. The predicted octanol–water partition coefficient (Wildman–Crippen LogP) is 2.98. The number of urea groups is 1. The van der Waals surface area contributed by atoms with Gasteiger partial charge < -0.3 is 23.9 Å². The highest BCUT2D eigenvalue weighted by Crippen LogP contribution is 2.30. The molecule has 0 aliphatic carbocycles. The Bertz CT molecular complexity index is 860. The van der Waals surface area contributed by atoms with Gasteiger partial charge in [-0.3, -0.25) is 10.1 Å². The number of hydrogen-bond acceptors (Lipinski definition) is 7. The smallest absolute Gasteiger partial charge is 0.331 e. The van der Waals surface area contributed by atoms with Crippen molar-refractivity contribution in [2.45, 2.75) is 13.8 Å². The van der Waals surface area contributed by atoms with Gasteiger partial charge in [-0.2, -0.15) is 0 Å². The molecule has 154 valence electrons. The molecule has 0 atom stereocenters. The largest absolute Gasteiger partial charge is 0.490 e. The normalized spacial score (nSPS) is 10.4. The number of hydrogen-bond donors (Lipinski definition) is 2. The molecule has 2 N–H and O–H groups in total. The van der Waals surface area contributed by atoms with Crippen molar-refractivity contribution in [3.05, 3.63) is 48.4 Å². The molecule has 0 fully saturated rings. The molecule has 2 rings (SSSR count). The highest BCUT2D eigenvalue weighted by atomic mass is 16.5. The average molecular weight is 402 g/mol. The second-order valence-corrected chi connectivity index (χ2v) is 5.49. The van der Waals surface area contributed by atoms with Crippen molar-refractivity contribution < 1.29 is 33.0 Å². The van der Waals surface area contributed by atoms with Gasteiger partial charge in [0.15, 0.2) is 18.1 Å². The molecular weight excluding hydrogens is 380 g/mol. The Morgan fingerprint density at radius 3 is 2.52 bits per heavy atom. The number of benzene rings is 1. The molecule has 3 amide bonds. The monoisotopic (exact) mass is 402 g/mol. The van der Waals surface area contributed by atoms with Crippen LogP contribution in [0, 0.1) is 0 Å². The summed E-state index contributed by atoms with van der Waals surface area (Å²) in [6.45, 7) is 3.96. The SMILES string of the molecule is CCOc1ccc(NC(=O)NC(=O)COC(=O)/C=C/c2ccco2)cc1OCC. The Hall–Kier alpha value is -3.75. The lowest BCUT2D eigenvalue weighted by Crippen LogP contribution is -2.37. The van der Waals surface area contributed by atoms with Crippen LogP contribution in [0.15, 0.2) is 47.1 Å². The van der Waals surface area contributed by atoms with Gasteiger partial charge in [0.2, 0.25) is 0 Å². The van der Waals surface area contributed by atoms with Gasteiger partial charge in [0, 0.05) is 17.8 Å². The molecule has 0 bridgehead atoms. The molecule has 1 aromatic carbocycles. The molecule has 0 spiro atoms. The van der Waals surface area contributed by atoms with Crippen LogP contribution in [0.3, 0.4) is 0 Å².